The third-order valence-corrected chi connectivity index (χ3v) is 2.46. The van der Waals surface area contributed by atoms with Gasteiger partial charge in [-0.2, -0.15) is 0 Å². The Labute approximate surface area is 80.2 Å². The molecule has 2 heteroatoms. The topological polar surface area (TPSA) is 9.23 Å². The maximum absolute atomic E-state index is 5.38. The molecule has 0 saturated heterocycles. The van der Waals surface area contributed by atoms with E-state index in [1.807, 2.05) is 18.2 Å². The maximum atomic E-state index is 5.38. The zero-order chi connectivity index (χ0) is 8.39. The van der Waals surface area contributed by atoms with Gasteiger partial charge in [-0.3, -0.25) is 0 Å². The molecule has 0 fully saturated rings. The average molecular weight is 225 g/mol. The van der Waals surface area contributed by atoms with Crippen molar-refractivity contribution < 1.29 is 4.74 Å². The number of ether oxygens (including phenoxy) is 1. The van der Waals surface area contributed by atoms with Gasteiger partial charge in [0.15, 0.2) is 0 Å². The van der Waals surface area contributed by atoms with Crippen LogP contribution in [-0.2, 0) is 4.74 Å². The predicted molar refractivity (Wildman–Crippen MR) is 51.7 cm³/mol. The van der Waals surface area contributed by atoms with Crippen molar-refractivity contribution >= 4 is 15.9 Å². The Balaban J connectivity index is 2.18. The van der Waals surface area contributed by atoms with E-state index in [1.54, 1.807) is 6.26 Å². The summed E-state index contributed by atoms with van der Waals surface area (Å²) in [7, 11) is 0. The lowest BCUT2D eigenvalue weighted by Crippen LogP contribution is -1.93. The quantitative estimate of drug-likeness (QED) is 0.711. The lowest BCUT2D eigenvalue weighted by atomic mass is 10.1. The molecule has 62 valence electrons. The lowest BCUT2D eigenvalue weighted by molar-refractivity contribution is 0.173. The van der Waals surface area contributed by atoms with E-state index in [4.69, 9.17) is 4.74 Å². The summed E-state index contributed by atoms with van der Waals surface area (Å²) < 4.78 is 6.49. The van der Waals surface area contributed by atoms with E-state index in [9.17, 15) is 0 Å². The molecule has 0 N–H and O–H groups in total. The van der Waals surface area contributed by atoms with Gasteiger partial charge in [0, 0.05) is 10.9 Å². The van der Waals surface area contributed by atoms with Crippen LogP contribution in [0.25, 0.3) is 0 Å². The van der Waals surface area contributed by atoms with Crippen molar-refractivity contribution in [2.24, 2.45) is 0 Å². The van der Waals surface area contributed by atoms with Gasteiger partial charge in [0.25, 0.3) is 0 Å². The zero-order valence-corrected chi connectivity index (χ0v) is 8.12. The monoisotopic (exact) mass is 224 g/mol. The van der Waals surface area contributed by atoms with Crippen molar-refractivity contribution in [2.75, 3.05) is 0 Å². The van der Waals surface area contributed by atoms with Crippen LogP contribution in [0.3, 0.4) is 0 Å². The number of rotatable bonds is 1. The Hall–Kier alpha value is -0.760. The van der Waals surface area contributed by atoms with Gasteiger partial charge in [-0.25, -0.2) is 0 Å². The minimum absolute atomic E-state index is 0.234. The van der Waals surface area contributed by atoms with Gasteiger partial charge in [-0.05, 0) is 23.8 Å². The summed E-state index contributed by atoms with van der Waals surface area (Å²) in [5.74, 6) is 0. The van der Waals surface area contributed by atoms with Gasteiger partial charge in [-0.15, -0.1) is 0 Å². The van der Waals surface area contributed by atoms with Crippen LogP contribution < -0.4 is 0 Å². The molecule has 1 aliphatic rings. The van der Waals surface area contributed by atoms with Gasteiger partial charge in [0.1, 0.15) is 6.10 Å². The first-order valence-corrected chi connectivity index (χ1v) is 4.71. The summed E-state index contributed by atoms with van der Waals surface area (Å²) in [6.45, 7) is 0. The third kappa shape index (κ3) is 1.53. The van der Waals surface area contributed by atoms with Crippen LogP contribution in [0.1, 0.15) is 18.1 Å². The molecule has 1 heterocycles. The third-order valence-electron chi connectivity index (χ3n) is 1.93. The van der Waals surface area contributed by atoms with Gasteiger partial charge in [0.2, 0.25) is 0 Å². The molecular formula is C10H9BrO. The van der Waals surface area contributed by atoms with Crippen molar-refractivity contribution in [3.05, 3.63) is 46.6 Å². The van der Waals surface area contributed by atoms with E-state index in [-0.39, 0.29) is 6.10 Å². The van der Waals surface area contributed by atoms with Crippen molar-refractivity contribution in [1.82, 2.24) is 0 Å². The highest BCUT2D eigenvalue weighted by atomic mass is 79.9. The summed E-state index contributed by atoms with van der Waals surface area (Å²) in [6, 6.07) is 8.25. The Bertz CT molecular complexity index is 281. The minimum Gasteiger partial charge on any atom is -0.493 e. The van der Waals surface area contributed by atoms with Crippen LogP contribution >= 0.6 is 15.9 Å². The number of hydrogen-bond donors (Lipinski definition) is 0. The number of benzene rings is 1. The standard InChI is InChI=1S/C10H9BrO/c11-9-5-3-8(4-6-9)10-2-1-7-12-10/h1,3-7,10H,2H2. The van der Waals surface area contributed by atoms with E-state index in [1.165, 1.54) is 5.56 Å². The molecule has 0 spiro atoms. The van der Waals surface area contributed by atoms with E-state index >= 15 is 0 Å². The number of hydrogen-bond acceptors (Lipinski definition) is 1. The highest BCUT2D eigenvalue weighted by molar-refractivity contribution is 9.10. The lowest BCUT2D eigenvalue weighted by Gasteiger charge is -2.09. The first-order valence-electron chi connectivity index (χ1n) is 3.92. The molecule has 0 bridgehead atoms. The molecule has 2 rings (SSSR count). The molecule has 1 aromatic carbocycles. The van der Waals surface area contributed by atoms with Crippen molar-refractivity contribution in [2.45, 2.75) is 12.5 Å². The fraction of sp³-hybridized carbons (Fsp3) is 0.200. The molecule has 1 nitrogen and oxygen atoms in total. The zero-order valence-electron chi connectivity index (χ0n) is 6.53. The first kappa shape index (κ1) is 7.87. The molecule has 1 unspecified atom stereocenters. The maximum Gasteiger partial charge on any atom is 0.126 e. The van der Waals surface area contributed by atoms with Gasteiger partial charge >= 0.3 is 0 Å². The molecule has 0 saturated carbocycles. The van der Waals surface area contributed by atoms with Crippen LogP contribution in [0, 0.1) is 0 Å². The summed E-state index contributed by atoms with van der Waals surface area (Å²) in [4.78, 5) is 0. The van der Waals surface area contributed by atoms with E-state index < -0.39 is 0 Å². The summed E-state index contributed by atoms with van der Waals surface area (Å²) in [6.07, 6.45) is 5.04. The molecule has 1 aliphatic heterocycles. The first-order chi connectivity index (χ1) is 5.86. The molecule has 12 heavy (non-hydrogen) atoms. The molecule has 0 aromatic heterocycles. The predicted octanol–water partition coefficient (Wildman–Crippen LogP) is 3.42. The minimum atomic E-state index is 0.234. The smallest absolute Gasteiger partial charge is 0.126 e. The molecular weight excluding hydrogens is 216 g/mol. The van der Waals surface area contributed by atoms with Crippen LogP contribution in [0.5, 0.6) is 0 Å². The SMILES string of the molecule is Brc1ccc(C2CC=CO2)cc1. The second-order valence-corrected chi connectivity index (χ2v) is 3.70. The van der Waals surface area contributed by atoms with Gasteiger partial charge in [-0.1, -0.05) is 28.1 Å². The largest absolute Gasteiger partial charge is 0.493 e. The van der Waals surface area contributed by atoms with Crippen molar-refractivity contribution in [1.29, 1.82) is 0 Å². The van der Waals surface area contributed by atoms with E-state index in [0.717, 1.165) is 10.9 Å². The van der Waals surface area contributed by atoms with E-state index in [2.05, 4.69) is 28.1 Å². The van der Waals surface area contributed by atoms with Crippen LogP contribution in [-0.4, -0.2) is 0 Å². The Morgan fingerprint density at radius 3 is 2.58 bits per heavy atom. The molecule has 0 aliphatic carbocycles. The molecule has 0 radical (unpaired) electrons. The average Bonchev–Trinajstić information content (AvgIpc) is 2.58. The fourth-order valence-corrected chi connectivity index (χ4v) is 1.54. The number of halogens is 1. The fourth-order valence-electron chi connectivity index (χ4n) is 1.28. The second kappa shape index (κ2) is 3.31. The normalized spacial score (nSPS) is 20.9. The molecule has 0 amide bonds. The van der Waals surface area contributed by atoms with Gasteiger partial charge in [0.05, 0.1) is 6.26 Å². The summed E-state index contributed by atoms with van der Waals surface area (Å²) in [5.41, 5.74) is 1.24. The Morgan fingerprint density at radius 2 is 2.00 bits per heavy atom. The van der Waals surface area contributed by atoms with Crippen LogP contribution in [0.4, 0.5) is 0 Å². The summed E-state index contributed by atoms with van der Waals surface area (Å²) in [5, 5.41) is 0. The Kier molecular flexibility index (Phi) is 2.17. The molecule has 1 atom stereocenters. The highest BCUT2D eigenvalue weighted by Gasteiger charge is 2.12. The molecule has 1 aromatic rings. The second-order valence-electron chi connectivity index (χ2n) is 2.78. The summed E-state index contributed by atoms with van der Waals surface area (Å²) >= 11 is 3.40. The van der Waals surface area contributed by atoms with Crippen LogP contribution in [0.2, 0.25) is 0 Å². The van der Waals surface area contributed by atoms with E-state index in [0.29, 0.717) is 0 Å². The highest BCUT2D eigenvalue weighted by Crippen LogP contribution is 2.27. The van der Waals surface area contributed by atoms with Crippen LogP contribution in [0.15, 0.2) is 41.1 Å². The van der Waals surface area contributed by atoms with Crippen molar-refractivity contribution in [3.8, 4) is 0 Å². The Morgan fingerprint density at radius 1 is 1.25 bits per heavy atom. The van der Waals surface area contributed by atoms with Gasteiger partial charge < -0.3 is 4.74 Å². The van der Waals surface area contributed by atoms with Crippen molar-refractivity contribution in [3.63, 3.8) is 0 Å².